The Bertz CT molecular complexity index is 1000. The monoisotopic (exact) mass is 374 g/mol. The second kappa shape index (κ2) is 7.09. The minimum atomic E-state index is -0.904. The maximum atomic E-state index is 12.4. The van der Waals surface area contributed by atoms with Crippen LogP contribution in [0.4, 0.5) is 0 Å². The van der Waals surface area contributed by atoms with E-state index in [4.69, 9.17) is 27.9 Å². The average molecular weight is 375 g/mol. The first-order valence-corrected chi connectivity index (χ1v) is 8.05. The standard InChI is InChI=1S/C18H12Cl2N2O3/c1-11-10-14(23)17(21-22(11)12-6-3-2-4-7-12)18(24)25-15-9-5-8-13(19)16(15)20/h2-10H,1H3. The number of ether oxygens (including phenoxy) is 1. The van der Waals surface area contributed by atoms with Gasteiger partial charge in [0.25, 0.3) is 0 Å². The summed E-state index contributed by atoms with van der Waals surface area (Å²) in [5.74, 6) is -0.842. The Morgan fingerprint density at radius 2 is 1.80 bits per heavy atom. The summed E-state index contributed by atoms with van der Waals surface area (Å²) >= 11 is 11.9. The van der Waals surface area contributed by atoms with Crippen molar-refractivity contribution >= 4 is 29.2 Å². The molecular formula is C18H12Cl2N2O3. The number of aromatic nitrogens is 2. The maximum absolute atomic E-state index is 12.4. The maximum Gasteiger partial charge on any atom is 0.368 e. The molecule has 3 rings (SSSR count). The van der Waals surface area contributed by atoms with E-state index in [0.717, 1.165) is 5.69 Å². The van der Waals surface area contributed by atoms with Crippen LogP contribution >= 0.6 is 23.2 Å². The van der Waals surface area contributed by atoms with Gasteiger partial charge in [0.2, 0.25) is 11.1 Å². The number of carbonyl (C=O) groups is 1. The lowest BCUT2D eigenvalue weighted by Crippen LogP contribution is -2.25. The number of nitrogens with zero attached hydrogens (tertiary/aromatic N) is 2. The van der Waals surface area contributed by atoms with E-state index in [2.05, 4.69) is 5.10 Å². The summed E-state index contributed by atoms with van der Waals surface area (Å²) in [4.78, 5) is 24.6. The van der Waals surface area contributed by atoms with Crippen LogP contribution in [0.5, 0.6) is 5.75 Å². The number of rotatable bonds is 3. The molecule has 5 nitrogen and oxygen atoms in total. The lowest BCUT2D eigenvalue weighted by molar-refractivity contribution is 0.0725. The first-order chi connectivity index (χ1) is 12.0. The summed E-state index contributed by atoms with van der Waals surface area (Å²) in [5.41, 5.74) is 0.432. The van der Waals surface area contributed by atoms with Crippen LogP contribution in [-0.2, 0) is 0 Å². The van der Waals surface area contributed by atoms with Crippen molar-refractivity contribution in [3.05, 3.63) is 86.3 Å². The predicted molar refractivity (Wildman–Crippen MR) is 96.0 cm³/mol. The van der Waals surface area contributed by atoms with E-state index in [1.165, 1.54) is 16.8 Å². The molecule has 0 N–H and O–H groups in total. The second-order valence-electron chi connectivity index (χ2n) is 5.19. The first kappa shape index (κ1) is 17.2. The van der Waals surface area contributed by atoms with Crippen LogP contribution in [0.1, 0.15) is 16.2 Å². The molecule has 2 aromatic carbocycles. The Labute approximate surface area is 153 Å². The van der Waals surface area contributed by atoms with E-state index in [1.54, 1.807) is 19.1 Å². The van der Waals surface area contributed by atoms with E-state index < -0.39 is 11.4 Å². The fourth-order valence-electron chi connectivity index (χ4n) is 2.23. The van der Waals surface area contributed by atoms with Gasteiger partial charge in [0.05, 0.1) is 10.7 Å². The second-order valence-corrected chi connectivity index (χ2v) is 5.97. The van der Waals surface area contributed by atoms with E-state index in [9.17, 15) is 9.59 Å². The highest BCUT2D eigenvalue weighted by Gasteiger charge is 2.19. The molecule has 126 valence electrons. The molecule has 1 aromatic heterocycles. The van der Waals surface area contributed by atoms with Crippen LogP contribution in [0.15, 0.2) is 59.4 Å². The molecule has 0 saturated heterocycles. The van der Waals surface area contributed by atoms with E-state index in [0.29, 0.717) is 5.69 Å². The Morgan fingerprint density at radius 3 is 2.52 bits per heavy atom. The van der Waals surface area contributed by atoms with E-state index in [-0.39, 0.29) is 21.5 Å². The third kappa shape index (κ3) is 3.57. The lowest BCUT2D eigenvalue weighted by Gasteiger charge is -2.11. The molecule has 0 aliphatic rings. The number of esters is 1. The highest BCUT2D eigenvalue weighted by molar-refractivity contribution is 6.43. The number of halogens is 2. The van der Waals surface area contributed by atoms with Gasteiger partial charge in [0, 0.05) is 11.8 Å². The molecule has 0 atom stereocenters. The number of carbonyl (C=O) groups excluding carboxylic acids is 1. The van der Waals surface area contributed by atoms with Gasteiger partial charge in [0.1, 0.15) is 5.02 Å². The molecule has 0 aliphatic carbocycles. The molecule has 0 saturated carbocycles. The average Bonchev–Trinajstić information content (AvgIpc) is 2.59. The molecule has 0 fully saturated rings. The largest absolute Gasteiger partial charge is 0.420 e. The zero-order valence-corrected chi connectivity index (χ0v) is 14.6. The van der Waals surface area contributed by atoms with Gasteiger partial charge in [-0.3, -0.25) is 4.79 Å². The number of para-hydroxylation sites is 1. The Balaban J connectivity index is 2.01. The normalized spacial score (nSPS) is 10.5. The number of hydrogen-bond donors (Lipinski definition) is 0. The molecule has 0 bridgehead atoms. The van der Waals surface area contributed by atoms with Crippen molar-refractivity contribution in [1.82, 2.24) is 9.78 Å². The molecular weight excluding hydrogens is 363 g/mol. The van der Waals surface area contributed by atoms with Crippen LogP contribution in [0.3, 0.4) is 0 Å². The predicted octanol–water partition coefficient (Wildman–Crippen LogP) is 4.07. The topological polar surface area (TPSA) is 61.2 Å². The van der Waals surface area contributed by atoms with Gasteiger partial charge < -0.3 is 4.74 Å². The molecule has 0 amide bonds. The highest BCUT2D eigenvalue weighted by Crippen LogP contribution is 2.31. The summed E-state index contributed by atoms with van der Waals surface area (Å²) in [7, 11) is 0. The highest BCUT2D eigenvalue weighted by atomic mass is 35.5. The minimum absolute atomic E-state index is 0.0622. The molecule has 0 aliphatic heterocycles. The zero-order valence-electron chi connectivity index (χ0n) is 13.1. The van der Waals surface area contributed by atoms with Crippen LogP contribution in [0.25, 0.3) is 5.69 Å². The molecule has 0 unspecified atom stereocenters. The lowest BCUT2D eigenvalue weighted by atomic mass is 10.3. The fraction of sp³-hybridized carbons (Fsp3) is 0.0556. The quantitative estimate of drug-likeness (QED) is 0.512. The Morgan fingerprint density at radius 1 is 1.08 bits per heavy atom. The third-order valence-electron chi connectivity index (χ3n) is 3.42. The van der Waals surface area contributed by atoms with Crippen molar-refractivity contribution in [3.63, 3.8) is 0 Å². The van der Waals surface area contributed by atoms with Crippen molar-refractivity contribution in [3.8, 4) is 11.4 Å². The van der Waals surface area contributed by atoms with Gasteiger partial charge in [-0.2, -0.15) is 5.10 Å². The van der Waals surface area contributed by atoms with Crippen LogP contribution in [-0.4, -0.2) is 15.7 Å². The summed E-state index contributed by atoms with van der Waals surface area (Å²) in [5, 5.41) is 4.48. The van der Waals surface area contributed by atoms with Gasteiger partial charge in [0.15, 0.2) is 5.75 Å². The molecule has 25 heavy (non-hydrogen) atoms. The first-order valence-electron chi connectivity index (χ1n) is 7.30. The SMILES string of the molecule is Cc1cc(=O)c(C(=O)Oc2cccc(Cl)c2Cl)nn1-c1ccccc1. The molecule has 3 aromatic rings. The summed E-state index contributed by atoms with van der Waals surface area (Å²) in [6, 6.07) is 15.1. The molecule has 1 heterocycles. The summed E-state index contributed by atoms with van der Waals surface area (Å²) in [6.07, 6.45) is 0. The van der Waals surface area contributed by atoms with Crippen molar-refractivity contribution in [2.24, 2.45) is 0 Å². The smallest absolute Gasteiger partial charge is 0.368 e. The number of aryl methyl sites for hydroxylation is 1. The van der Waals surface area contributed by atoms with E-state index in [1.807, 2.05) is 30.3 Å². The van der Waals surface area contributed by atoms with Crippen LogP contribution in [0, 0.1) is 6.92 Å². The van der Waals surface area contributed by atoms with E-state index >= 15 is 0 Å². The summed E-state index contributed by atoms with van der Waals surface area (Å²) < 4.78 is 6.69. The number of hydrogen-bond acceptors (Lipinski definition) is 4. The summed E-state index contributed by atoms with van der Waals surface area (Å²) in [6.45, 7) is 1.73. The zero-order chi connectivity index (χ0) is 18.0. The van der Waals surface area contributed by atoms with Gasteiger partial charge >= 0.3 is 5.97 Å². The Hall–Kier alpha value is -2.63. The van der Waals surface area contributed by atoms with Crippen LogP contribution in [0.2, 0.25) is 10.0 Å². The van der Waals surface area contributed by atoms with Crippen molar-refractivity contribution in [2.75, 3.05) is 0 Å². The third-order valence-corrected chi connectivity index (χ3v) is 4.22. The minimum Gasteiger partial charge on any atom is -0.420 e. The molecule has 7 heteroatoms. The molecule has 0 spiro atoms. The Kier molecular flexibility index (Phi) is 4.88. The van der Waals surface area contributed by atoms with Gasteiger partial charge in [-0.1, -0.05) is 47.5 Å². The fourth-order valence-corrected chi connectivity index (χ4v) is 2.56. The van der Waals surface area contributed by atoms with Crippen LogP contribution < -0.4 is 10.2 Å². The van der Waals surface area contributed by atoms with Gasteiger partial charge in [-0.15, -0.1) is 0 Å². The van der Waals surface area contributed by atoms with Crippen molar-refractivity contribution in [2.45, 2.75) is 6.92 Å². The van der Waals surface area contributed by atoms with Gasteiger partial charge in [-0.25, -0.2) is 9.48 Å². The number of benzene rings is 2. The van der Waals surface area contributed by atoms with Crippen molar-refractivity contribution in [1.29, 1.82) is 0 Å². The molecule has 0 radical (unpaired) electrons. The van der Waals surface area contributed by atoms with Crippen molar-refractivity contribution < 1.29 is 9.53 Å². The van der Waals surface area contributed by atoms with Gasteiger partial charge in [-0.05, 0) is 31.2 Å².